The van der Waals surface area contributed by atoms with Gasteiger partial charge in [0.2, 0.25) is 0 Å². The van der Waals surface area contributed by atoms with Crippen molar-refractivity contribution in [2.75, 3.05) is 13.2 Å². The highest BCUT2D eigenvalue weighted by molar-refractivity contribution is 5.71. The monoisotopic (exact) mass is 885 g/mol. The van der Waals surface area contributed by atoms with Crippen LogP contribution < -0.4 is 0 Å². The molecular weight excluding hydrogens is 793 g/mol. The minimum Gasteiger partial charge on any atom is -0.462 e. The molecule has 0 aliphatic heterocycles. The number of carbonyl (C=O) groups excluding carboxylic acids is 3. The lowest BCUT2D eigenvalue weighted by Gasteiger charge is -2.18. The molecule has 6 nitrogen and oxygen atoms in total. The van der Waals surface area contributed by atoms with Crippen LogP contribution >= 0.6 is 0 Å². The van der Waals surface area contributed by atoms with Crippen LogP contribution in [0.5, 0.6) is 0 Å². The summed E-state index contributed by atoms with van der Waals surface area (Å²) in [7, 11) is 0. The van der Waals surface area contributed by atoms with Crippen molar-refractivity contribution in [3.63, 3.8) is 0 Å². The van der Waals surface area contributed by atoms with E-state index < -0.39 is 6.10 Å². The van der Waals surface area contributed by atoms with Gasteiger partial charge in [-0.15, -0.1) is 0 Å². The van der Waals surface area contributed by atoms with Crippen LogP contribution in [0, 0.1) is 0 Å². The van der Waals surface area contributed by atoms with Crippen LogP contribution in [0.25, 0.3) is 0 Å². The van der Waals surface area contributed by atoms with Gasteiger partial charge in [0.15, 0.2) is 6.10 Å². The van der Waals surface area contributed by atoms with Crippen molar-refractivity contribution >= 4 is 17.9 Å². The van der Waals surface area contributed by atoms with E-state index in [2.05, 4.69) is 106 Å². The van der Waals surface area contributed by atoms with Gasteiger partial charge in [-0.1, -0.05) is 206 Å². The highest BCUT2D eigenvalue weighted by Gasteiger charge is 2.19. The van der Waals surface area contributed by atoms with Gasteiger partial charge in [-0.3, -0.25) is 14.4 Å². The molecule has 360 valence electrons. The number of ether oxygens (including phenoxy) is 3. The molecule has 1 atom stereocenters. The second-order valence-corrected chi connectivity index (χ2v) is 16.5. The second-order valence-electron chi connectivity index (χ2n) is 16.5. The smallest absolute Gasteiger partial charge is 0.306 e. The maximum Gasteiger partial charge on any atom is 0.306 e. The fraction of sp³-hybridized carbons (Fsp3) is 0.603. The Balaban J connectivity index is 4.60. The Morgan fingerprint density at radius 3 is 1.20 bits per heavy atom. The first-order chi connectivity index (χ1) is 31.5. The van der Waals surface area contributed by atoms with Gasteiger partial charge < -0.3 is 14.2 Å². The molecule has 0 rings (SSSR count). The Hall–Kier alpha value is -4.19. The molecule has 0 aromatic rings. The average Bonchev–Trinajstić information content (AvgIpc) is 3.29. The molecule has 0 aliphatic rings. The maximum absolute atomic E-state index is 12.8. The molecule has 6 heteroatoms. The Morgan fingerprint density at radius 1 is 0.344 bits per heavy atom. The number of esters is 3. The van der Waals surface area contributed by atoms with Gasteiger partial charge >= 0.3 is 17.9 Å². The summed E-state index contributed by atoms with van der Waals surface area (Å²) in [6.07, 6.45) is 70.5. The molecule has 0 aromatic heterocycles. The number of rotatable bonds is 44. The van der Waals surface area contributed by atoms with Crippen molar-refractivity contribution in [2.24, 2.45) is 0 Å². The van der Waals surface area contributed by atoms with Crippen LogP contribution in [0.4, 0.5) is 0 Å². The Morgan fingerprint density at radius 2 is 0.688 bits per heavy atom. The normalized spacial score (nSPS) is 13.1. The maximum atomic E-state index is 12.8. The number of carbonyl (C=O) groups is 3. The standard InChI is InChI=1S/C58H92O6/c1-4-7-10-13-16-19-22-25-27-29-31-33-36-39-42-45-48-51-57(60)63-54-55(53-62-56(59)50-47-44-41-38-35-32-24-21-18-15-12-9-6-3)64-58(61)52-49-46-43-40-37-34-30-28-26-23-20-17-14-11-8-5-2/h9,12,15-16,18-19,21,24-25,27-28,30-35,37,39,42,55H,4-8,10-11,13-14,17,20,22-23,26,29,36,38,40-41,43-54H2,1-3H3/b12-9-,18-15-,19-16-,24-21-,27-25-,30-28-,33-31-,35-32-,37-34-,42-39-. The van der Waals surface area contributed by atoms with Crippen LogP contribution in [0.15, 0.2) is 122 Å². The molecule has 0 heterocycles. The van der Waals surface area contributed by atoms with E-state index in [1.165, 1.54) is 70.6 Å². The number of allylic oxidation sites excluding steroid dienone is 20. The second kappa shape index (κ2) is 51.4. The van der Waals surface area contributed by atoms with Crippen molar-refractivity contribution < 1.29 is 28.6 Å². The molecule has 1 unspecified atom stereocenters. The summed E-state index contributed by atoms with van der Waals surface area (Å²) in [5.74, 6) is -1.06. The van der Waals surface area contributed by atoms with Gasteiger partial charge in [-0.05, 0) is 103 Å². The molecule has 0 radical (unpaired) electrons. The fourth-order valence-electron chi connectivity index (χ4n) is 6.43. The average molecular weight is 885 g/mol. The quantitative estimate of drug-likeness (QED) is 0.0199. The molecule has 0 N–H and O–H groups in total. The van der Waals surface area contributed by atoms with Crippen molar-refractivity contribution in [2.45, 2.75) is 213 Å². The molecule has 0 amide bonds. The van der Waals surface area contributed by atoms with Gasteiger partial charge in [-0.2, -0.15) is 0 Å². The van der Waals surface area contributed by atoms with Crippen LogP contribution in [-0.4, -0.2) is 37.2 Å². The van der Waals surface area contributed by atoms with Crippen LogP contribution in [-0.2, 0) is 28.6 Å². The highest BCUT2D eigenvalue weighted by atomic mass is 16.6. The summed E-state index contributed by atoms with van der Waals surface area (Å²) >= 11 is 0. The number of hydrogen-bond acceptors (Lipinski definition) is 6. The van der Waals surface area contributed by atoms with Gasteiger partial charge in [0.1, 0.15) is 13.2 Å². The Bertz CT molecular complexity index is 1390. The molecule has 0 fully saturated rings. The molecule has 0 bridgehead atoms. The largest absolute Gasteiger partial charge is 0.462 e. The van der Waals surface area contributed by atoms with Crippen molar-refractivity contribution in [1.29, 1.82) is 0 Å². The first-order valence-electron chi connectivity index (χ1n) is 25.6. The van der Waals surface area contributed by atoms with E-state index in [0.29, 0.717) is 19.3 Å². The predicted octanol–water partition coefficient (Wildman–Crippen LogP) is 16.9. The summed E-state index contributed by atoms with van der Waals surface area (Å²) in [5.41, 5.74) is 0. The van der Waals surface area contributed by atoms with Crippen molar-refractivity contribution in [3.8, 4) is 0 Å². The van der Waals surface area contributed by atoms with E-state index in [0.717, 1.165) is 83.5 Å². The third kappa shape index (κ3) is 48.8. The zero-order valence-electron chi connectivity index (χ0n) is 41.0. The van der Waals surface area contributed by atoms with Gasteiger partial charge in [0.25, 0.3) is 0 Å². The van der Waals surface area contributed by atoms with E-state index >= 15 is 0 Å². The minimum absolute atomic E-state index is 0.130. The van der Waals surface area contributed by atoms with Crippen LogP contribution in [0.1, 0.15) is 207 Å². The molecule has 0 aliphatic carbocycles. The lowest BCUT2D eigenvalue weighted by Crippen LogP contribution is -2.30. The topological polar surface area (TPSA) is 78.9 Å². The summed E-state index contributed by atoms with van der Waals surface area (Å²) < 4.78 is 16.7. The van der Waals surface area contributed by atoms with E-state index in [-0.39, 0.29) is 44.0 Å². The van der Waals surface area contributed by atoms with E-state index in [1.54, 1.807) is 0 Å². The summed E-state index contributed by atoms with van der Waals surface area (Å²) in [6.45, 7) is 6.34. The molecule has 0 saturated carbocycles. The molecule has 0 saturated heterocycles. The fourth-order valence-corrected chi connectivity index (χ4v) is 6.43. The summed E-state index contributed by atoms with van der Waals surface area (Å²) in [5, 5.41) is 0. The Labute approximate surface area is 392 Å². The van der Waals surface area contributed by atoms with E-state index in [1.807, 2.05) is 36.5 Å². The zero-order chi connectivity index (χ0) is 46.5. The van der Waals surface area contributed by atoms with Crippen molar-refractivity contribution in [3.05, 3.63) is 122 Å². The van der Waals surface area contributed by atoms with Crippen molar-refractivity contribution in [1.82, 2.24) is 0 Å². The lowest BCUT2D eigenvalue weighted by molar-refractivity contribution is -0.167. The van der Waals surface area contributed by atoms with E-state index in [9.17, 15) is 14.4 Å². The van der Waals surface area contributed by atoms with Gasteiger partial charge in [0.05, 0.1) is 0 Å². The van der Waals surface area contributed by atoms with Gasteiger partial charge in [-0.25, -0.2) is 0 Å². The SMILES string of the molecule is CC\C=C/C=C\C=C/C=C\CCCCCC(=O)OCC(COC(=O)CCC/C=C\C/C=C\C/C=C\C/C=C\CCCCC)OC(=O)CCCCC/C=C\C=C/CCCCCCCCC. The molecule has 0 aromatic carbocycles. The first kappa shape index (κ1) is 59.8. The van der Waals surface area contributed by atoms with E-state index in [4.69, 9.17) is 14.2 Å². The summed E-state index contributed by atoms with van der Waals surface area (Å²) in [4.78, 5) is 37.9. The highest BCUT2D eigenvalue weighted by Crippen LogP contribution is 2.11. The zero-order valence-corrected chi connectivity index (χ0v) is 41.0. The number of hydrogen-bond donors (Lipinski definition) is 0. The minimum atomic E-state index is -0.833. The summed E-state index contributed by atoms with van der Waals surface area (Å²) in [6, 6.07) is 0. The van der Waals surface area contributed by atoms with Gasteiger partial charge in [0, 0.05) is 19.3 Å². The lowest BCUT2D eigenvalue weighted by atomic mass is 10.1. The third-order valence-corrected chi connectivity index (χ3v) is 10.3. The molecule has 0 spiro atoms. The molecule has 64 heavy (non-hydrogen) atoms. The number of unbranched alkanes of at least 4 members (excludes halogenated alkanes) is 17. The molecular formula is C58H92O6. The van der Waals surface area contributed by atoms with Crippen LogP contribution in [0.2, 0.25) is 0 Å². The van der Waals surface area contributed by atoms with Crippen LogP contribution in [0.3, 0.4) is 0 Å². The first-order valence-corrected chi connectivity index (χ1v) is 25.6. The predicted molar refractivity (Wildman–Crippen MR) is 274 cm³/mol. The third-order valence-electron chi connectivity index (χ3n) is 10.3. The Kier molecular flexibility index (Phi) is 48.1.